The third-order valence-corrected chi connectivity index (χ3v) is 2.77. The van der Waals surface area contributed by atoms with Crippen LogP contribution in [0.5, 0.6) is 0 Å². The van der Waals surface area contributed by atoms with Crippen molar-refractivity contribution in [3.05, 3.63) is 58.8 Å². The molecular formula is C12H12BrN. The Morgan fingerprint density at radius 1 is 1.00 bits per heavy atom. The van der Waals surface area contributed by atoms with Crippen LogP contribution >= 0.6 is 15.9 Å². The van der Waals surface area contributed by atoms with Gasteiger partial charge in [0.15, 0.2) is 0 Å². The summed E-state index contributed by atoms with van der Waals surface area (Å²) in [5.41, 5.74) is 1.38. The first-order valence-electron chi connectivity index (χ1n) is 4.70. The second-order valence-electron chi connectivity index (χ2n) is 3.30. The molecule has 0 bridgehead atoms. The normalized spacial score (nSPS) is 10.4. The summed E-state index contributed by atoms with van der Waals surface area (Å²) in [7, 11) is 0. The van der Waals surface area contributed by atoms with Crippen LogP contribution < -0.4 is 0 Å². The number of aryl methyl sites for hydroxylation is 2. The van der Waals surface area contributed by atoms with Gasteiger partial charge >= 0.3 is 0 Å². The molecule has 2 heteroatoms. The van der Waals surface area contributed by atoms with Crippen LogP contribution in [0.4, 0.5) is 0 Å². The van der Waals surface area contributed by atoms with Crippen molar-refractivity contribution >= 4 is 15.9 Å². The van der Waals surface area contributed by atoms with Gasteiger partial charge in [0.2, 0.25) is 0 Å². The van der Waals surface area contributed by atoms with E-state index in [1.165, 1.54) is 5.56 Å². The molecule has 0 fully saturated rings. The number of hydrogen-bond donors (Lipinski definition) is 0. The lowest BCUT2D eigenvalue weighted by Crippen LogP contribution is -1.97. The Morgan fingerprint density at radius 3 is 2.29 bits per heavy atom. The smallest absolute Gasteiger partial charge is 0.0260 e. The van der Waals surface area contributed by atoms with Gasteiger partial charge < -0.3 is 4.57 Å². The second kappa shape index (κ2) is 4.47. The van der Waals surface area contributed by atoms with Crippen LogP contribution in [-0.2, 0) is 13.0 Å². The largest absolute Gasteiger partial charge is 0.354 e. The van der Waals surface area contributed by atoms with Crippen LogP contribution in [0.25, 0.3) is 0 Å². The SMILES string of the molecule is Brc1ccc(CCn2cccc2)cc1. The predicted octanol–water partition coefficient (Wildman–Crippen LogP) is 3.49. The van der Waals surface area contributed by atoms with Gasteiger partial charge in [-0.25, -0.2) is 0 Å². The lowest BCUT2D eigenvalue weighted by atomic mass is 10.1. The average molecular weight is 250 g/mol. The molecule has 1 aromatic carbocycles. The van der Waals surface area contributed by atoms with Crippen molar-refractivity contribution in [2.45, 2.75) is 13.0 Å². The highest BCUT2D eigenvalue weighted by Gasteiger charge is 1.93. The minimum atomic E-state index is 1.05. The van der Waals surface area contributed by atoms with Gasteiger partial charge in [0.25, 0.3) is 0 Å². The fourth-order valence-corrected chi connectivity index (χ4v) is 1.69. The van der Waals surface area contributed by atoms with E-state index in [1.54, 1.807) is 0 Å². The molecule has 1 nitrogen and oxygen atoms in total. The van der Waals surface area contributed by atoms with Gasteiger partial charge in [-0.3, -0.25) is 0 Å². The van der Waals surface area contributed by atoms with Crippen molar-refractivity contribution in [3.63, 3.8) is 0 Å². The Labute approximate surface area is 92.5 Å². The summed E-state index contributed by atoms with van der Waals surface area (Å²) in [6.07, 6.45) is 5.28. The van der Waals surface area contributed by atoms with Crippen LogP contribution in [0.1, 0.15) is 5.56 Å². The number of rotatable bonds is 3. The summed E-state index contributed by atoms with van der Waals surface area (Å²) in [5.74, 6) is 0. The molecule has 72 valence electrons. The summed E-state index contributed by atoms with van der Waals surface area (Å²) < 4.78 is 3.34. The Kier molecular flexibility index (Phi) is 3.04. The Morgan fingerprint density at radius 2 is 1.64 bits per heavy atom. The molecule has 14 heavy (non-hydrogen) atoms. The van der Waals surface area contributed by atoms with Gasteiger partial charge in [0.1, 0.15) is 0 Å². The zero-order valence-electron chi connectivity index (χ0n) is 7.86. The number of hydrogen-bond acceptors (Lipinski definition) is 0. The fourth-order valence-electron chi connectivity index (χ4n) is 1.43. The Balaban J connectivity index is 1.95. The molecule has 0 saturated carbocycles. The van der Waals surface area contributed by atoms with E-state index in [4.69, 9.17) is 0 Å². The van der Waals surface area contributed by atoms with E-state index in [2.05, 4.69) is 69.3 Å². The quantitative estimate of drug-likeness (QED) is 0.785. The lowest BCUT2D eigenvalue weighted by Gasteiger charge is -2.03. The number of aromatic nitrogens is 1. The standard InChI is InChI=1S/C12H12BrN/c13-12-5-3-11(4-6-12)7-10-14-8-1-2-9-14/h1-6,8-9H,7,10H2. The van der Waals surface area contributed by atoms with E-state index in [9.17, 15) is 0 Å². The average Bonchev–Trinajstić information content (AvgIpc) is 2.70. The minimum Gasteiger partial charge on any atom is -0.354 e. The topological polar surface area (TPSA) is 4.93 Å². The maximum absolute atomic E-state index is 3.43. The van der Waals surface area contributed by atoms with Crippen molar-refractivity contribution in [3.8, 4) is 0 Å². The molecule has 0 saturated heterocycles. The maximum atomic E-state index is 3.43. The monoisotopic (exact) mass is 249 g/mol. The molecule has 0 atom stereocenters. The van der Waals surface area contributed by atoms with E-state index >= 15 is 0 Å². The summed E-state index contributed by atoms with van der Waals surface area (Å²) in [5, 5.41) is 0. The molecule has 2 rings (SSSR count). The van der Waals surface area contributed by atoms with Crippen LogP contribution in [0.2, 0.25) is 0 Å². The molecule has 0 N–H and O–H groups in total. The fraction of sp³-hybridized carbons (Fsp3) is 0.167. The first-order chi connectivity index (χ1) is 6.84. The number of benzene rings is 1. The summed E-state index contributed by atoms with van der Waals surface area (Å²) in [6, 6.07) is 12.6. The molecule has 0 aliphatic rings. The Bertz CT molecular complexity index is 375. The second-order valence-corrected chi connectivity index (χ2v) is 4.21. The maximum Gasteiger partial charge on any atom is 0.0260 e. The van der Waals surface area contributed by atoms with Gasteiger partial charge in [-0.2, -0.15) is 0 Å². The molecule has 0 amide bonds. The van der Waals surface area contributed by atoms with E-state index in [0.717, 1.165) is 17.4 Å². The molecule has 1 aromatic heterocycles. The van der Waals surface area contributed by atoms with E-state index < -0.39 is 0 Å². The molecule has 0 spiro atoms. The van der Waals surface area contributed by atoms with Crippen molar-refractivity contribution in [2.75, 3.05) is 0 Å². The van der Waals surface area contributed by atoms with E-state index in [-0.39, 0.29) is 0 Å². The highest BCUT2D eigenvalue weighted by Crippen LogP contribution is 2.11. The summed E-state index contributed by atoms with van der Waals surface area (Å²) in [4.78, 5) is 0. The van der Waals surface area contributed by atoms with Crippen LogP contribution in [-0.4, -0.2) is 4.57 Å². The van der Waals surface area contributed by atoms with Gasteiger partial charge in [-0.05, 0) is 36.2 Å². The third-order valence-electron chi connectivity index (χ3n) is 2.24. The molecule has 0 aliphatic heterocycles. The van der Waals surface area contributed by atoms with Gasteiger partial charge in [0.05, 0.1) is 0 Å². The minimum absolute atomic E-state index is 1.05. The van der Waals surface area contributed by atoms with Crippen LogP contribution in [0.15, 0.2) is 53.3 Å². The number of halogens is 1. The van der Waals surface area contributed by atoms with Crippen molar-refractivity contribution in [1.82, 2.24) is 4.57 Å². The Hall–Kier alpha value is -1.02. The predicted molar refractivity (Wildman–Crippen MR) is 62.3 cm³/mol. The molecular weight excluding hydrogens is 238 g/mol. The van der Waals surface area contributed by atoms with Crippen LogP contribution in [0, 0.1) is 0 Å². The summed E-state index contributed by atoms with van der Waals surface area (Å²) in [6.45, 7) is 1.05. The van der Waals surface area contributed by atoms with Gasteiger partial charge in [0, 0.05) is 23.4 Å². The molecule has 0 radical (unpaired) electrons. The van der Waals surface area contributed by atoms with Crippen molar-refractivity contribution < 1.29 is 0 Å². The highest BCUT2D eigenvalue weighted by atomic mass is 79.9. The molecule has 2 aromatic rings. The molecule has 0 aliphatic carbocycles. The van der Waals surface area contributed by atoms with Crippen molar-refractivity contribution in [1.29, 1.82) is 0 Å². The first-order valence-corrected chi connectivity index (χ1v) is 5.49. The number of nitrogens with zero attached hydrogens (tertiary/aromatic N) is 1. The van der Waals surface area contributed by atoms with Crippen molar-refractivity contribution in [2.24, 2.45) is 0 Å². The first kappa shape index (κ1) is 9.53. The summed E-state index contributed by atoms with van der Waals surface area (Å²) >= 11 is 3.43. The molecule has 1 heterocycles. The van der Waals surface area contributed by atoms with E-state index in [0.29, 0.717) is 0 Å². The lowest BCUT2D eigenvalue weighted by molar-refractivity contribution is 0.701. The molecule has 0 unspecified atom stereocenters. The highest BCUT2D eigenvalue weighted by molar-refractivity contribution is 9.10. The van der Waals surface area contributed by atoms with E-state index in [1.807, 2.05) is 0 Å². The zero-order valence-corrected chi connectivity index (χ0v) is 9.44. The van der Waals surface area contributed by atoms with Crippen LogP contribution in [0.3, 0.4) is 0 Å². The zero-order chi connectivity index (χ0) is 9.80. The van der Waals surface area contributed by atoms with Gasteiger partial charge in [-0.15, -0.1) is 0 Å². The van der Waals surface area contributed by atoms with Gasteiger partial charge in [-0.1, -0.05) is 28.1 Å². The third kappa shape index (κ3) is 2.48.